The zero-order valence-corrected chi connectivity index (χ0v) is 38.3. The summed E-state index contributed by atoms with van der Waals surface area (Å²) in [7, 11) is 0. The maximum atomic E-state index is 4.06. The average molecular weight is 685 g/mol. The van der Waals surface area contributed by atoms with E-state index in [4.69, 9.17) is 0 Å². The predicted molar refractivity (Wildman–Crippen MR) is 241 cm³/mol. The second-order valence-electron chi connectivity index (χ2n) is 10.5. The quantitative estimate of drug-likeness (QED) is 0.148. The second-order valence-corrected chi connectivity index (χ2v) is 10.5. The van der Waals surface area contributed by atoms with Crippen LogP contribution in [0.15, 0.2) is 83.6 Å². The molecule has 0 aromatic heterocycles. The summed E-state index contributed by atoms with van der Waals surface area (Å²) >= 11 is 0. The molecule has 0 bridgehead atoms. The molecule has 0 aliphatic heterocycles. The van der Waals surface area contributed by atoms with Gasteiger partial charge < -0.3 is 0 Å². The van der Waals surface area contributed by atoms with Crippen molar-refractivity contribution in [2.24, 2.45) is 17.8 Å². The minimum Gasteiger partial charge on any atom is -0.0999 e. The third kappa shape index (κ3) is 52.7. The first kappa shape index (κ1) is 65.2. The predicted octanol–water partition coefficient (Wildman–Crippen LogP) is 18.3. The van der Waals surface area contributed by atoms with E-state index >= 15 is 0 Å². The van der Waals surface area contributed by atoms with Gasteiger partial charge in [-0.1, -0.05) is 236 Å². The maximum Gasteiger partial charge on any atom is 0.0170 e. The summed E-state index contributed by atoms with van der Waals surface area (Å²) in [5.41, 5.74) is 6.27. The molecule has 292 valence electrons. The number of hydrogen-bond acceptors (Lipinski definition) is 0. The van der Waals surface area contributed by atoms with Crippen molar-refractivity contribution in [3.8, 4) is 11.8 Å². The normalized spacial score (nSPS) is 15.3. The van der Waals surface area contributed by atoms with Gasteiger partial charge in [0.25, 0.3) is 0 Å². The van der Waals surface area contributed by atoms with Crippen LogP contribution in [0.25, 0.3) is 0 Å². The Hall–Kier alpha value is -2.26. The zero-order valence-electron chi connectivity index (χ0n) is 38.3. The van der Waals surface area contributed by atoms with Gasteiger partial charge >= 0.3 is 0 Å². The molecule has 2 aliphatic rings. The smallest absolute Gasteiger partial charge is 0.0170 e. The summed E-state index contributed by atoms with van der Waals surface area (Å²) in [4.78, 5) is 0. The molecule has 0 unspecified atom stereocenters. The molecule has 0 heteroatoms. The van der Waals surface area contributed by atoms with Gasteiger partial charge in [0.15, 0.2) is 0 Å². The van der Waals surface area contributed by atoms with Crippen molar-refractivity contribution < 1.29 is 0 Å². The first-order valence-corrected chi connectivity index (χ1v) is 20.9. The summed E-state index contributed by atoms with van der Waals surface area (Å²) in [5.74, 6) is 8.55. The highest BCUT2D eigenvalue weighted by molar-refractivity contribution is 5.39. The maximum absolute atomic E-state index is 4.06. The molecule has 0 nitrogen and oxygen atoms in total. The molecule has 0 amide bonds. The molecule has 0 radical (unpaired) electrons. The molecule has 0 aromatic rings. The van der Waals surface area contributed by atoms with Gasteiger partial charge in [-0.05, 0) is 75.2 Å². The van der Waals surface area contributed by atoms with Crippen molar-refractivity contribution in [3.63, 3.8) is 0 Å². The van der Waals surface area contributed by atoms with Crippen molar-refractivity contribution >= 4 is 0 Å². The summed E-state index contributed by atoms with van der Waals surface area (Å²) in [5, 5.41) is 0. The topological polar surface area (TPSA) is 0 Å². The van der Waals surface area contributed by atoms with Crippen LogP contribution < -0.4 is 0 Å². The van der Waals surface area contributed by atoms with E-state index in [0.717, 1.165) is 36.7 Å². The van der Waals surface area contributed by atoms with E-state index in [9.17, 15) is 0 Å². The molecule has 0 heterocycles. The van der Waals surface area contributed by atoms with Crippen LogP contribution in [0.4, 0.5) is 0 Å². The molecule has 0 N–H and O–H groups in total. The van der Waals surface area contributed by atoms with Gasteiger partial charge in [0.05, 0.1) is 0 Å². The Labute approximate surface area is 315 Å². The Morgan fingerprint density at radius 1 is 0.653 bits per heavy atom. The molecular formula is C49H96. The Kier molecular flexibility index (Phi) is 81.1. The molecule has 1 fully saturated rings. The molecule has 2 rings (SSSR count). The Bertz CT molecular complexity index is 800. The highest BCUT2D eigenvalue weighted by Crippen LogP contribution is 2.27. The minimum atomic E-state index is 0.325. The first-order chi connectivity index (χ1) is 23.6. The Morgan fingerprint density at radius 2 is 1.00 bits per heavy atom. The van der Waals surface area contributed by atoms with Crippen LogP contribution in [0.5, 0.6) is 0 Å². The van der Waals surface area contributed by atoms with Gasteiger partial charge in [-0.15, -0.1) is 0 Å². The third-order valence-electron chi connectivity index (χ3n) is 6.64. The van der Waals surface area contributed by atoms with E-state index in [0.29, 0.717) is 5.92 Å². The van der Waals surface area contributed by atoms with Crippen LogP contribution in [0.3, 0.4) is 0 Å². The van der Waals surface area contributed by atoms with Crippen LogP contribution in [-0.2, 0) is 0 Å². The fraction of sp³-hybridized carbons (Fsp3) is 0.673. The SMILES string of the molecule is C=C(/C=C\C#CC=C(C)C1C=CC(C)=C(C)C=C1)CCC(=C)CC.CC.CC.CC.CC.CC.CC.CC.CC1CCC(C)CC1.CCC. The molecule has 0 spiro atoms. The molecule has 2 aliphatic carbocycles. The van der Waals surface area contributed by atoms with E-state index < -0.39 is 0 Å². The standard InChI is InChI=1S/C24H30.C8H16.C3H8.7C2H6/c1-7-19(2)13-14-20(3)11-9-8-10-12-23(6)24-17-15-21(4)22(5)16-18-24;1-7-3-5-8(2)6-4-7;1-3-2;7*1-2/h9,11-12,15-18,24H,2-3,7,13-14H2,1,4-6H3;7-8H,3-6H2,1-2H3;3H2,1-2H3;7*1-2H3/b11-9-,23-12?;;;;;;;;;. The molecule has 0 saturated heterocycles. The van der Waals surface area contributed by atoms with Gasteiger partial charge in [-0.3, -0.25) is 0 Å². The van der Waals surface area contributed by atoms with Gasteiger partial charge in [0, 0.05) is 5.92 Å². The van der Waals surface area contributed by atoms with Crippen LogP contribution in [-0.4, -0.2) is 0 Å². The number of rotatable bonds is 6. The lowest BCUT2D eigenvalue weighted by Gasteiger charge is -2.22. The summed E-state index contributed by atoms with van der Waals surface area (Å²) in [6.07, 6.45) is 24.9. The molecule has 0 aromatic carbocycles. The molecule has 0 atom stereocenters. The van der Waals surface area contributed by atoms with Gasteiger partial charge in [-0.25, -0.2) is 0 Å². The average Bonchev–Trinajstić information content (AvgIpc) is 3.34. The minimum absolute atomic E-state index is 0.325. The van der Waals surface area contributed by atoms with Crippen molar-refractivity contribution in [1.29, 1.82) is 0 Å². The first-order valence-electron chi connectivity index (χ1n) is 20.9. The summed E-state index contributed by atoms with van der Waals surface area (Å²) in [6, 6.07) is 0. The van der Waals surface area contributed by atoms with E-state index in [2.05, 4.69) is 105 Å². The zero-order chi connectivity index (χ0) is 40.6. The van der Waals surface area contributed by atoms with Crippen molar-refractivity contribution in [2.75, 3.05) is 0 Å². The van der Waals surface area contributed by atoms with E-state index in [-0.39, 0.29) is 0 Å². The fourth-order valence-corrected chi connectivity index (χ4v) is 3.61. The largest absolute Gasteiger partial charge is 0.0999 e. The Balaban J connectivity index is -0.0000000921. The highest BCUT2D eigenvalue weighted by Gasteiger charge is 2.13. The molecule has 1 saturated carbocycles. The van der Waals surface area contributed by atoms with E-state index in [1.54, 1.807) is 0 Å². The van der Waals surface area contributed by atoms with Crippen molar-refractivity contribution in [1.82, 2.24) is 0 Å². The van der Waals surface area contributed by atoms with Crippen LogP contribution in [0.1, 0.15) is 204 Å². The number of hydrogen-bond donors (Lipinski definition) is 0. The fourth-order valence-electron chi connectivity index (χ4n) is 3.61. The number of allylic oxidation sites excluding steroid dienone is 12. The van der Waals surface area contributed by atoms with E-state index in [1.165, 1.54) is 54.4 Å². The lowest BCUT2D eigenvalue weighted by atomic mass is 9.84. The van der Waals surface area contributed by atoms with Gasteiger partial charge in [0.1, 0.15) is 0 Å². The lowest BCUT2D eigenvalue weighted by molar-refractivity contribution is 0.308. The summed E-state index contributed by atoms with van der Waals surface area (Å²) < 4.78 is 0. The van der Waals surface area contributed by atoms with Crippen molar-refractivity contribution in [2.45, 2.75) is 204 Å². The van der Waals surface area contributed by atoms with Crippen LogP contribution in [0.2, 0.25) is 0 Å². The van der Waals surface area contributed by atoms with E-state index in [1.807, 2.05) is 115 Å². The van der Waals surface area contributed by atoms with Crippen LogP contribution in [0, 0.1) is 29.6 Å². The second kappa shape index (κ2) is 61.0. The molecule has 49 heavy (non-hydrogen) atoms. The van der Waals surface area contributed by atoms with Gasteiger partial charge in [-0.2, -0.15) is 0 Å². The van der Waals surface area contributed by atoms with Gasteiger partial charge in [0.2, 0.25) is 0 Å². The highest BCUT2D eigenvalue weighted by atomic mass is 14.2. The third-order valence-corrected chi connectivity index (χ3v) is 6.64. The Morgan fingerprint density at radius 3 is 1.33 bits per heavy atom. The van der Waals surface area contributed by atoms with Crippen LogP contribution >= 0.6 is 0 Å². The lowest BCUT2D eigenvalue weighted by Crippen LogP contribution is -2.08. The molecular weight excluding hydrogens is 589 g/mol. The summed E-state index contributed by atoms with van der Waals surface area (Å²) in [6.45, 7) is 53.6. The monoisotopic (exact) mass is 685 g/mol. The van der Waals surface area contributed by atoms with Crippen molar-refractivity contribution in [3.05, 3.63) is 83.6 Å².